The van der Waals surface area contributed by atoms with Crippen molar-refractivity contribution in [3.05, 3.63) is 59.4 Å². The molecular formula is C17H20N4O. The Balaban J connectivity index is 1.55. The Morgan fingerprint density at radius 3 is 2.36 bits per heavy atom. The van der Waals surface area contributed by atoms with Crippen molar-refractivity contribution in [2.75, 3.05) is 26.2 Å². The fraction of sp³-hybridized carbons (Fsp3) is 0.353. The van der Waals surface area contributed by atoms with Crippen molar-refractivity contribution < 1.29 is 4.79 Å². The Hall–Kier alpha value is -2.27. The lowest BCUT2D eigenvalue weighted by Crippen LogP contribution is -2.48. The van der Waals surface area contributed by atoms with Gasteiger partial charge in [-0.3, -0.25) is 9.69 Å². The van der Waals surface area contributed by atoms with Gasteiger partial charge in [0.2, 0.25) is 0 Å². The van der Waals surface area contributed by atoms with Gasteiger partial charge in [0.15, 0.2) is 5.69 Å². The second kappa shape index (κ2) is 6.66. The maximum Gasteiger partial charge on any atom is 0.274 e. The van der Waals surface area contributed by atoms with E-state index in [-0.39, 0.29) is 5.91 Å². The minimum atomic E-state index is -0.0214. The number of piperazine rings is 1. The highest BCUT2D eigenvalue weighted by molar-refractivity contribution is 5.92. The lowest BCUT2D eigenvalue weighted by atomic mass is 10.2. The van der Waals surface area contributed by atoms with Crippen LogP contribution in [0, 0.1) is 6.92 Å². The first-order chi connectivity index (χ1) is 10.7. The van der Waals surface area contributed by atoms with E-state index in [1.807, 2.05) is 24.0 Å². The summed E-state index contributed by atoms with van der Waals surface area (Å²) in [4.78, 5) is 16.6. The molecule has 0 bridgehead atoms. The number of benzene rings is 1. The van der Waals surface area contributed by atoms with Gasteiger partial charge in [-0.25, -0.2) is 0 Å². The van der Waals surface area contributed by atoms with Gasteiger partial charge in [-0.2, -0.15) is 5.10 Å². The van der Waals surface area contributed by atoms with Crippen LogP contribution in [0.2, 0.25) is 0 Å². The highest BCUT2D eigenvalue weighted by Gasteiger charge is 2.23. The van der Waals surface area contributed by atoms with Gasteiger partial charge in [0.05, 0.1) is 5.69 Å². The Kier molecular flexibility index (Phi) is 4.44. The van der Waals surface area contributed by atoms with E-state index >= 15 is 0 Å². The summed E-state index contributed by atoms with van der Waals surface area (Å²) >= 11 is 0. The Bertz CT molecular complexity index is 619. The monoisotopic (exact) mass is 296 g/mol. The lowest BCUT2D eigenvalue weighted by molar-refractivity contribution is 0.0621. The molecule has 0 N–H and O–H groups in total. The molecule has 22 heavy (non-hydrogen) atoms. The number of carbonyl (C=O) groups is 1. The van der Waals surface area contributed by atoms with Crippen LogP contribution in [0.3, 0.4) is 0 Å². The molecule has 3 rings (SSSR count). The summed E-state index contributed by atoms with van der Waals surface area (Å²) in [6.07, 6.45) is 0. The van der Waals surface area contributed by atoms with Crippen LogP contribution in [-0.2, 0) is 6.54 Å². The van der Waals surface area contributed by atoms with E-state index in [0.29, 0.717) is 5.69 Å². The SMILES string of the molecule is Cc1ccc(C(=O)N2CCN(Cc3ccccc3)CC2)nn1. The Morgan fingerprint density at radius 2 is 1.73 bits per heavy atom. The van der Waals surface area contributed by atoms with E-state index < -0.39 is 0 Å². The summed E-state index contributed by atoms with van der Waals surface area (Å²) in [6.45, 7) is 6.05. The standard InChI is InChI=1S/C17H20N4O/c1-14-7-8-16(19-18-14)17(22)21-11-9-20(10-12-21)13-15-5-3-2-4-6-15/h2-8H,9-13H2,1H3. The van der Waals surface area contributed by atoms with Crippen molar-refractivity contribution in [3.63, 3.8) is 0 Å². The molecule has 1 aliphatic rings. The highest BCUT2D eigenvalue weighted by Crippen LogP contribution is 2.10. The molecule has 5 heteroatoms. The van der Waals surface area contributed by atoms with E-state index in [1.165, 1.54) is 5.56 Å². The maximum atomic E-state index is 12.4. The molecule has 0 unspecified atom stereocenters. The van der Waals surface area contributed by atoms with Crippen molar-refractivity contribution in [1.29, 1.82) is 0 Å². The van der Waals surface area contributed by atoms with E-state index in [9.17, 15) is 4.79 Å². The molecule has 0 aliphatic carbocycles. The van der Waals surface area contributed by atoms with Crippen molar-refractivity contribution in [1.82, 2.24) is 20.0 Å². The molecule has 1 aromatic carbocycles. The topological polar surface area (TPSA) is 49.3 Å². The summed E-state index contributed by atoms with van der Waals surface area (Å²) in [5.74, 6) is -0.0214. The van der Waals surface area contributed by atoms with Crippen LogP contribution in [-0.4, -0.2) is 52.1 Å². The number of rotatable bonds is 3. The molecule has 0 saturated carbocycles. The molecule has 5 nitrogen and oxygen atoms in total. The smallest absolute Gasteiger partial charge is 0.274 e. The van der Waals surface area contributed by atoms with Crippen LogP contribution in [0.1, 0.15) is 21.7 Å². The molecule has 1 amide bonds. The summed E-state index contributed by atoms with van der Waals surface area (Å²) in [7, 11) is 0. The van der Waals surface area contributed by atoms with Crippen molar-refractivity contribution in [2.45, 2.75) is 13.5 Å². The molecule has 0 atom stereocenters. The van der Waals surface area contributed by atoms with Gasteiger partial charge < -0.3 is 4.90 Å². The normalized spacial score (nSPS) is 15.8. The van der Waals surface area contributed by atoms with Gasteiger partial charge in [-0.05, 0) is 24.6 Å². The molecule has 0 spiro atoms. The maximum absolute atomic E-state index is 12.4. The van der Waals surface area contributed by atoms with Crippen LogP contribution in [0.4, 0.5) is 0 Å². The van der Waals surface area contributed by atoms with E-state index in [2.05, 4.69) is 39.4 Å². The van der Waals surface area contributed by atoms with E-state index in [1.54, 1.807) is 6.07 Å². The molecule has 1 aliphatic heterocycles. The van der Waals surface area contributed by atoms with Crippen LogP contribution in [0.5, 0.6) is 0 Å². The first kappa shape index (κ1) is 14.7. The Morgan fingerprint density at radius 1 is 1.00 bits per heavy atom. The molecular weight excluding hydrogens is 276 g/mol. The number of nitrogens with zero attached hydrogens (tertiary/aromatic N) is 4. The first-order valence-corrected chi connectivity index (χ1v) is 7.58. The number of aryl methyl sites for hydroxylation is 1. The average Bonchev–Trinajstić information content (AvgIpc) is 2.57. The van der Waals surface area contributed by atoms with Crippen LogP contribution < -0.4 is 0 Å². The molecule has 1 saturated heterocycles. The van der Waals surface area contributed by atoms with Gasteiger partial charge in [0, 0.05) is 32.7 Å². The quantitative estimate of drug-likeness (QED) is 0.866. The summed E-state index contributed by atoms with van der Waals surface area (Å²) < 4.78 is 0. The van der Waals surface area contributed by atoms with E-state index in [4.69, 9.17) is 0 Å². The van der Waals surface area contributed by atoms with Gasteiger partial charge in [-0.15, -0.1) is 5.10 Å². The zero-order chi connectivity index (χ0) is 15.4. The molecule has 2 heterocycles. The van der Waals surface area contributed by atoms with Crippen molar-refractivity contribution >= 4 is 5.91 Å². The van der Waals surface area contributed by atoms with Crippen molar-refractivity contribution in [3.8, 4) is 0 Å². The first-order valence-electron chi connectivity index (χ1n) is 7.58. The number of carbonyl (C=O) groups excluding carboxylic acids is 1. The second-order valence-electron chi connectivity index (χ2n) is 5.61. The fourth-order valence-electron chi connectivity index (χ4n) is 2.63. The Labute approximate surface area is 130 Å². The van der Waals surface area contributed by atoms with Crippen LogP contribution >= 0.6 is 0 Å². The van der Waals surface area contributed by atoms with Gasteiger partial charge >= 0.3 is 0 Å². The van der Waals surface area contributed by atoms with Crippen molar-refractivity contribution in [2.24, 2.45) is 0 Å². The highest BCUT2D eigenvalue weighted by atomic mass is 16.2. The van der Waals surface area contributed by atoms with Gasteiger partial charge in [0.25, 0.3) is 5.91 Å². The molecule has 2 aromatic rings. The van der Waals surface area contributed by atoms with Gasteiger partial charge in [-0.1, -0.05) is 30.3 Å². The third kappa shape index (κ3) is 3.49. The minimum Gasteiger partial charge on any atom is -0.335 e. The molecule has 1 aromatic heterocycles. The number of aromatic nitrogens is 2. The zero-order valence-electron chi connectivity index (χ0n) is 12.8. The van der Waals surface area contributed by atoms with E-state index in [0.717, 1.165) is 38.4 Å². The molecule has 114 valence electrons. The summed E-state index contributed by atoms with van der Waals surface area (Å²) in [5.41, 5.74) is 2.57. The number of hydrogen-bond donors (Lipinski definition) is 0. The summed E-state index contributed by atoms with van der Waals surface area (Å²) in [5, 5.41) is 7.94. The predicted octanol–water partition coefficient (Wildman–Crippen LogP) is 1.74. The number of hydrogen-bond acceptors (Lipinski definition) is 4. The van der Waals surface area contributed by atoms with Crippen LogP contribution in [0.15, 0.2) is 42.5 Å². The minimum absolute atomic E-state index is 0.0214. The third-order valence-corrected chi connectivity index (χ3v) is 3.93. The van der Waals surface area contributed by atoms with Gasteiger partial charge in [0.1, 0.15) is 0 Å². The third-order valence-electron chi connectivity index (χ3n) is 3.93. The molecule has 0 radical (unpaired) electrons. The second-order valence-corrected chi connectivity index (χ2v) is 5.61. The van der Waals surface area contributed by atoms with Crippen LogP contribution in [0.25, 0.3) is 0 Å². The zero-order valence-corrected chi connectivity index (χ0v) is 12.8. The largest absolute Gasteiger partial charge is 0.335 e. The predicted molar refractivity (Wildman–Crippen MR) is 84.4 cm³/mol. The average molecular weight is 296 g/mol. The summed E-state index contributed by atoms with van der Waals surface area (Å²) in [6, 6.07) is 14.0. The lowest BCUT2D eigenvalue weighted by Gasteiger charge is -2.34. The fourth-order valence-corrected chi connectivity index (χ4v) is 2.63. The number of amides is 1. The molecule has 1 fully saturated rings.